The third-order valence-electron chi connectivity index (χ3n) is 3.09. The number of nitrogens with zero attached hydrogens (tertiary/aromatic N) is 1. The van der Waals surface area contributed by atoms with Crippen LogP contribution in [0.3, 0.4) is 0 Å². The third kappa shape index (κ3) is 3.70. The molecule has 0 atom stereocenters. The van der Waals surface area contributed by atoms with E-state index in [1.807, 2.05) is 5.01 Å². The molecule has 1 fully saturated rings. The summed E-state index contributed by atoms with van der Waals surface area (Å²) in [5, 5.41) is 1.81. The number of amides is 1. The minimum absolute atomic E-state index is 0.235. The number of carbonyl (C=O) groups excluding carboxylic acids is 1. The lowest BCUT2D eigenvalue weighted by atomic mass is 10.1. The molecule has 0 unspecified atom stereocenters. The fourth-order valence-corrected chi connectivity index (χ4v) is 2.02. The van der Waals surface area contributed by atoms with Gasteiger partial charge in [0, 0.05) is 18.7 Å². The number of hydrogen-bond acceptors (Lipinski definition) is 2. The smallest absolute Gasteiger partial charge is 0.285 e. The summed E-state index contributed by atoms with van der Waals surface area (Å²) in [4.78, 5) is 11.8. The number of nitrogens with one attached hydrogen (secondary N) is 1. The highest BCUT2D eigenvalue weighted by molar-refractivity contribution is 5.93. The van der Waals surface area contributed by atoms with E-state index >= 15 is 0 Å². The molecule has 0 spiro atoms. The third-order valence-corrected chi connectivity index (χ3v) is 3.09. The fraction of sp³-hybridized carbons (Fsp3) is 0.462. The predicted octanol–water partition coefficient (Wildman–Crippen LogP) is 2.84. The van der Waals surface area contributed by atoms with Crippen molar-refractivity contribution < 1.29 is 18.0 Å². The van der Waals surface area contributed by atoms with E-state index in [4.69, 9.17) is 0 Å². The van der Waals surface area contributed by atoms with Crippen LogP contribution in [0.15, 0.2) is 24.3 Å². The summed E-state index contributed by atoms with van der Waals surface area (Å²) in [5.41, 5.74) is 2.19. The maximum atomic E-state index is 12.4. The monoisotopic (exact) mass is 272 g/mol. The van der Waals surface area contributed by atoms with Gasteiger partial charge in [-0.15, -0.1) is 0 Å². The number of benzene rings is 1. The molecule has 1 heterocycles. The van der Waals surface area contributed by atoms with Gasteiger partial charge in [-0.05, 0) is 37.1 Å². The van der Waals surface area contributed by atoms with Crippen molar-refractivity contribution in [2.75, 3.05) is 13.1 Å². The number of rotatable bonds is 2. The van der Waals surface area contributed by atoms with Crippen LogP contribution in [0.5, 0.6) is 0 Å². The van der Waals surface area contributed by atoms with Crippen molar-refractivity contribution in [3.8, 4) is 0 Å². The lowest BCUT2D eigenvalue weighted by Gasteiger charge is -2.26. The molecule has 2 rings (SSSR count). The molecule has 1 amide bonds. The van der Waals surface area contributed by atoms with Crippen molar-refractivity contribution in [3.05, 3.63) is 35.4 Å². The molecule has 3 nitrogen and oxygen atoms in total. The average Bonchev–Trinajstić information content (AvgIpc) is 2.39. The van der Waals surface area contributed by atoms with E-state index in [0.29, 0.717) is 0 Å². The first-order valence-corrected chi connectivity index (χ1v) is 6.20. The van der Waals surface area contributed by atoms with Gasteiger partial charge in [-0.3, -0.25) is 10.2 Å². The zero-order valence-electron chi connectivity index (χ0n) is 10.3. The second kappa shape index (κ2) is 5.61. The second-order valence-electron chi connectivity index (χ2n) is 4.56. The number of hydrogen-bond donors (Lipinski definition) is 1. The van der Waals surface area contributed by atoms with E-state index in [1.54, 1.807) is 0 Å². The van der Waals surface area contributed by atoms with E-state index in [2.05, 4.69) is 5.43 Å². The number of hydrazine groups is 1. The van der Waals surface area contributed by atoms with Crippen molar-refractivity contribution in [3.63, 3.8) is 0 Å². The van der Waals surface area contributed by atoms with Gasteiger partial charge in [0.25, 0.3) is 5.91 Å². The molecule has 19 heavy (non-hydrogen) atoms. The first-order chi connectivity index (χ1) is 8.97. The SMILES string of the molecule is O=C(NN1CCCCC1)c1ccc(C(F)(F)F)cc1. The Morgan fingerprint density at radius 1 is 1.05 bits per heavy atom. The quantitative estimate of drug-likeness (QED) is 0.898. The normalized spacial score (nSPS) is 17.2. The highest BCUT2D eigenvalue weighted by Gasteiger charge is 2.30. The van der Waals surface area contributed by atoms with E-state index in [1.165, 1.54) is 12.1 Å². The van der Waals surface area contributed by atoms with Crippen molar-refractivity contribution in [1.82, 2.24) is 10.4 Å². The van der Waals surface area contributed by atoms with Crippen LogP contribution >= 0.6 is 0 Å². The minimum Gasteiger partial charge on any atom is -0.285 e. The number of carbonyl (C=O) groups is 1. The summed E-state index contributed by atoms with van der Waals surface area (Å²) in [7, 11) is 0. The molecule has 1 aromatic rings. The topological polar surface area (TPSA) is 32.3 Å². The van der Waals surface area contributed by atoms with Crippen LogP contribution in [0.1, 0.15) is 35.2 Å². The Morgan fingerprint density at radius 3 is 2.16 bits per heavy atom. The second-order valence-corrected chi connectivity index (χ2v) is 4.56. The maximum absolute atomic E-state index is 12.4. The van der Waals surface area contributed by atoms with Crippen LogP contribution in [0.4, 0.5) is 13.2 Å². The van der Waals surface area contributed by atoms with Crippen LogP contribution in [0.2, 0.25) is 0 Å². The average molecular weight is 272 g/mol. The Labute approximate surface area is 109 Å². The Bertz CT molecular complexity index is 436. The van der Waals surface area contributed by atoms with E-state index < -0.39 is 11.7 Å². The molecule has 0 radical (unpaired) electrons. The summed E-state index contributed by atoms with van der Waals surface area (Å²) in [6.45, 7) is 1.57. The number of piperidine rings is 1. The summed E-state index contributed by atoms with van der Waals surface area (Å²) >= 11 is 0. The predicted molar refractivity (Wildman–Crippen MR) is 64.3 cm³/mol. The highest BCUT2D eigenvalue weighted by atomic mass is 19.4. The molecule has 1 N–H and O–H groups in total. The molecule has 0 aliphatic carbocycles. The molecule has 0 saturated carbocycles. The van der Waals surface area contributed by atoms with Gasteiger partial charge in [-0.2, -0.15) is 13.2 Å². The lowest BCUT2D eigenvalue weighted by molar-refractivity contribution is -0.137. The lowest BCUT2D eigenvalue weighted by Crippen LogP contribution is -2.45. The largest absolute Gasteiger partial charge is 0.416 e. The zero-order valence-corrected chi connectivity index (χ0v) is 10.3. The minimum atomic E-state index is -4.37. The maximum Gasteiger partial charge on any atom is 0.416 e. The standard InChI is InChI=1S/C13H15F3N2O/c14-13(15,16)11-6-4-10(5-7-11)12(19)17-18-8-2-1-3-9-18/h4-7H,1-3,8-9H2,(H,17,19). The van der Waals surface area contributed by atoms with E-state index in [0.717, 1.165) is 44.5 Å². The Balaban J connectivity index is 1.99. The Kier molecular flexibility index (Phi) is 4.09. The van der Waals surface area contributed by atoms with Crippen LogP contribution in [0.25, 0.3) is 0 Å². The van der Waals surface area contributed by atoms with Crippen molar-refractivity contribution >= 4 is 5.91 Å². The zero-order chi connectivity index (χ0) is 13.9. The van der Waals surface area contributed by atoms with Crippen LogP contribution in [-0.2, 0) is 6.18 Å². The van der Waals surface area contributed by atoms with Gasteiger partial charge >= 0.3 is 6.18 Å². The van der Waals surface area contributed by atoms with Gasteiger partial charge in [0.1, 0.15) is 0 Å². The molecular weight excluding hydrogens is 257 g/mol. The Hall–Kier alpha value is -1.56. The first-order valence-electron chi connectivity index (χ1n) is 6.20. The van der Waals surface area contributed by atoms with E-state index in [-0.39, 0.29) is 11.5 Å². The van der Waals surface area contributed by atoms with Gasteiger partial charge in [0.15, 0.2) is 0 Å². The molecule has 1 aliphatic rings. The van der Waals surface area contributed by atoms with Gasteiger partial charge < -0.3 is 0 Å². The van der Waals surface area contributed by atoms with Crippen molar-refractivity contribution in [2.24, 2.45) is 0 Å². The molecule has 104 valence electrons. The molecule has 1 aliphatic heterocycles. The molecule has 0 bridgehead atoms. The molecule has 1 saturated heterocycles. The molecule has 1 aromatic carbocycles. The number of alkyl halides is 3. The van der Waals surface area contributed by atoms with Crippen LogP contribution in [-0.4, -0.2) is 24.0 Å². The van der Waals surface area contributed by atoms with Gasteiger partial charge in [0.2, 0.25) is 0 Å². The van der Waals surface area contributed by atoms with Crippen LogP contribution < -0.4 is 5.43 Å². The van der Waals surface area contributed by atoms with Gasteiger partial charge in [-0.1, -0.05) is 6.42 Å². The van der Waals surface area contributed by atoms with Crippen molar-refractivity contribution in [1.29, 1.82) is 0 Å². The van der Waals surface area contributed by atoms with Crippen LogP contribution in [0, 0.1) is 0 Å². The summed E-state index contributed by atoms with van der Waals surface area (Å²) in [5.74, 6) is -0.365. The summed E-state index contributed by atoms with van der Waals surface area (Å²) in [6, 6.07) is 4.24. The molecule has 0 aromatic heterocycles. The number of halogens is 3. The summed E-state index contributed by atoms with van der Waals surface area (Å²) in [6.07, 6.45) is -1.19. The molecular formula is C13H15F3N2O. The van der Waals surface area contributed by atoms with Gasteiger partial charge in [0.05, 0.1) is 5.56 Å². The molecule has 6 heteroatoms. The van der Waals surface area contributed by atoms with Crippen molar-refractivity contribution in [2.45, 2.75) is 25.4 Å². The fourth-order valence-electron chi connectivity index (χ4n) is 2.02. The highest BCUT2D eigenvalue weighted by Crippen LogP contribution is 2.29. The first kappa shape index (κ1) is 13.9. The van der Waals surface area contributed by atoms with E-state index in [9.17, 15) is 18.0 Å². The van der Waals surface area contributed by atoms with Gasteiger partial charge in [-0.25, -0.2) is 5.01 Å². The Morgan fingerprint density at radius 2 is 1.63 bits per heavy atom. The summed E-state index contributed by atoms with van der Waals surface area (Å²) < 4.78 is 37.2.